The van der Waals surface area contributed by atoms with Crippen molar-refractivity contribution in [3.05, 3.63) is 23.5 Å². The molecule has 0 aromatic carbocycles. The summed E-state index contributed by atoms with van der Waals surface area (Å²) in [5, 5.41) is 5.65. The molecule has 0 aliphatic rings. The smallest absolute Gasteiger partial charge is 0.193 e. The van der Waals surface area contributed by atoms with E-state index in [1.54, 1.807) is 11.3 Å². The lowest BCUT2D eigenvalue weighted by molar-refractivity contribution is 0.285. The molecule has 2 aromatic heterocycles. The van der Waals surface area contributed by atoms with E-state index in [1.807, 2.05) is 0 Å². The first kappa shape index (κ1) is 14.5. The molecule has 0 aliphatic carbocycles. The van der Waals surface area contributed by atoms with Gasteiger partial charge >= 0.3 is 0 Å². The Labute approximate surface area is 120 Å². The SMILES string of the molecule is CCCNC(C)CC(C)(C)Cc1cn2ccsc2n1. The van der Waals surface area contributed by atoms with E-state index >= 15 is 0 Å². The maximum absolute atomic E-state index is 4.69. The Balaban J connectivity index is 1.94. The van der Waals surface area contributed by atoms with Crippen molar-refractivity contribution in [1.82, 2.24) is 14.7 Å². The Hall–Kier alpha value is -0.870. The van der Waals surface area contributed by atoms with E-state index in [2.05, 4.69) is 60.2 Å². The zero-order chi connectivity index (χ0) is 13.9. The third kappa shape index (κ3) is 4.05. The minimum absolute atomic E-state index is 0.282. The molecule has 2 rings (SSSR count). The molecule has 3 nitrogen and oxygen atoms in total. The van der Waals surface area contributed by atoms with E-state index in [1.165, 1.54) is 18.5 Å². The highest BCUT2D eigenvalue weighted by atomic mass is 32.1. The van der Waals surface area contributed by atoms with Gasteiger partial charge in [0.2, 0.25) is 0 Å². The number of hydrogen-bond donors (Lipinski definition) is 1. The van der Waals surface area contributed by atoms with Crippen molar-refractivity contribution in [1.29, 1.82) is 0 Å². The highest BCUT2D eigenvalue weighted by molar-refractivity contribution is 7.15. The van der Waals surface area contributed by atoms with Gasteiger partial charge in [-0.3, -0.25) is 4.40 Å². The van der Waals surface area contributed by atoms with Gasteiger partial charge in [-0.15, -0.1) is 11.3 Å². The number of fused-ring (bicyclic) bond motifs is 1. The minimum Gasteiger partial charge on any atom is -0.314 e. The van der Waals surface area contributed by atoms with Gasteiger partial charge in [0.25, 0.3) is 0 Å². The predicted molar refractivity (Wildman–Crippen MR) is 82.9 cm³/mol. The number of nitrogens with one attached hydrogen (secondary N) is 1. The molecule has 0 amide bonds. The molecule has 0 bridgehead atoms. The second-order valence-corrected chi connectivity index (χ2v) is 7.10. The quantitative estimate of drug-likeness (QED) is 0.836. The maximum Gasteiger partial charge on any atom is 0.193 e. The summed E-state index contributed by atoms with van der Waals surface area (Å²) in [6, 6.07) is 0.568. The highest BCUT2D eigenvalue weighted by Crippen LogP contribution is 2.27. The summed E-state index contributed by atoms with van der Waals surface area (Å²) in [6.45, 7) is 10.3. The van der Waals surface area contributed by atoms with Gasteiger partial charge < -0.3 is 5.32 Å². The summed E-state index contributed by atoms with van der Waals surface area (Å²) in [6.07, 6.45) is 7.66. The van der Waals surface area contributed by atoms with Crippen LogP contribution in [0.15, 0.2) is 17.8 Å². The lowest BCUT2D eigenvalue weighted by Crippen LogP contribution is -2.32. The second kappa shape index (κ2) is 6.06. The van der Waals surface area contributed by atoms with E-state index in [-0.39, 0.29) is 5.41 Å². The Morgan fingerprint density at radius 2 is 2.26 bits per heavy atom. The molecule has 0 spiro atoms. The number of aromatic nitrogens is 2. The lowest BCUT2D eigenvalue weighted by Gasteiger charge is -2.28. The molecule has 19 heavy (non-hydrogen) atoms. The van der Waals surface area contributed by atoms with E-state index in [4.69, 9.17) is 0 Å². The van der Waals surface area contributed by atoms with E-state index in [9.17, 15) is 0 Å². The molecule has 0 saturated carbocycles. The van der Waals surface area contributed by atoms with Gasteiger partial charge in [-0.1, -0.05) is 20.8 Å². The molecule has 2 aromatic rings. The molecule has 0 radical (unpaired) electrons. The molecule has 2 heterocycles. The summed E-state index contributed by atoms with van der Waals surface area (Å²) in [7, 11) is 0. The van der Waals surface area contributed by atoms with Crippen LogP contribution in [0.5, 0.6) is 0 Å². The van der Waals surface area contributed by atoms with Gasteiger partial charge in [0.15, 0.2) is 4.96 Å². The first-order valence-electron chi connectivity index (χ1n) is 7.14. The van der Waals surface area contributed by atoms with Crippen LogP contribution in [-0.2, 0) is 6.42 Å². The van der Waals surface area contributed by atoms with Gasteiger partial charge in [-0.05, 0) is 38.1 Å². The first-order valence-corrected chi connectivity index (χ1v) is 8.02. The molecule has 1 unspecified atom stereocenters. The average molecular weight is 279 g/mol. The number of thiazole rings is 1. The fraction of sp³-hybridized carbons (Fsp3) is 0.667. The van der Waals surface area contributed by atoms with Crippen molar-refractivity contribution in [2.75, 3.05) is 6.54 Å². The Bertz CT molecular complexity index is 484. The first-order chi connectivity index (χ1) is 9.00. The topological polar surface area (TPSA) is 29.3 Å². The van der Waals surface area contributed by atoms with Crippen molar-refractivity contribution in [2.45, 2.75) is 53.0 Å². The van der Waals surface area contributed by atoms with Crippen molar-refractivity contribution in [3.8, 4) is 0 Å². The molecule has 1 N–H and O–H groups in total. The number of imidazole rings is 1. The van der Waals surface area contributed by atoms with E-state index in [0.717, 1.165) is 17.9 Å². The molecular formula is C15H25N3S. The molecular weight excluding hydrogens is 254 g/mol. The third-order valence-corrected chi connectivity index (χ3v) is 4.18. The molecule has 4 heteroatoms. The van der Waals surface area contributed by atoms with Crippen molar-refractivity contribution in [2.24, 2.45) is 5.41 Å². The van der Waals surface area contributed by atoms with Gasteiger partial charge in [0, 0.05) is 23.8 Å². The van der Waals surface area contributed by atoms with Gasteiger partial charge in [0.1, 0.15) is 0 Å². The van der Waals surface area contributed by atoms with Crippen LogP contribution in [0.1, 0.15) is 46.2 Å². The zero-order valence-corrected chi connectivity index (χ0v) is 13.3. The average Bonchev–Trinajstić information content (AvgIpc) is 2.85. The van der Waals surface area contributed by atoms with Gasteiger partial charge in [-0.25, -0.2) is 4.98 Å². The van der Waals surface area contributed by atoms with Crippen LogP contribution < -0.4 is 5.32 Å². The minimum atomic E-state index is 0.282. The molecule has 1 atom stereocenters. The highest BCUT2D eigenvalue weighted by Gasteiger charge is 2.22. The van der Waals surface area contributed by atoms with Crippen molar-refractivity contribution < 1.29 is 0 Å². The van der Waals surface area contributed by atoms with Crippen LogP contribution in [0, 0.1) is 5.41 Å². The Morgan fingerprint density at radius 3 is 2.95 bits per heavy atom. The second-order valence-electron chi connectivity index (χ2n) is 6.23. The molecule has 0 fully saturated rings. The molecule has 106 valence electrons. The van der Waals surface area contributed by atoms with Gasteiger partial charge in [-0.2, -0.15) is 0 Å². The molecule has 0 aliphatic heterocycles. The van der Waals surface area contributed by atoms with Crippen LogP contribution >= 0.6 is 11.3 Å². The lowest BCUT2D eigenvalue weighted by atomic mass is 9.82. The largest absolute Gasteiger partial charge is 0.314 e. The fourth-order valence-electron chi connectivity index (χ4n) is 2.72. The standard InChI is InChI=1S/C15H25N3S/c1-5-6-16-12(2)9-15(3,4)10-13-11-18-7-8-19-14(18)17-13/h7-8,11-12,16H,5-6,9-10H2,1-4H3. The van der Waals surface area contributed by atoms with E-state index < -0.39 is 0 Å². The number of rotatable bonds is 7. The monoisotopic (exact) mass is 279 g/mol. The van der Waals surface area contributed by atoms with Crippen LogP contribution in [0.3, 0.4) is 0 Å². The number of nitrogens with zero attached hydrogens (tertiary/aromatic N) is 2. The van der Waals surface area contributed by atoms with Crippen LogP contribution in [0.25, 0.3) is 4.96 Å². The Morgan fingerprint density at radius 1 is 1.47 bits per heavy atom. The summed E-state index contributed by atoms with van der Waals surface area (Å²) in [5.74, 6) is 0. The predicted octanol–water partition coefficient (Wildman–Crippen LogP) is 3.74. The van der Waals surface area contributed by atoms with Crippen LogP contribution in [0.2, 0.25) is 0 Å². The van der Waals surface area contributed by atoms with Crippen molar-refractivity contribution in [3.63, 3.8) is 0 Å². The van der Waals surface area contributed by atoms with Crippen LogP contribution in [0.4, 0.5) is 0 Å². The summed E-state index contributed by atoms with van der Waals surface area (Å²) < 4.78 is 2.12. The summed E-state index contributed by atoms with van der Waals surface area (Å²) in [5.41, 5.74) is 1.49. The van der Waals surface area contributed by atoms with E-state index in [0.29, 0.717) is 6.04 Å². The summed E-state index contributed by atoms with van der Waals surface area (Å²) in [4.78, 5) is 5.79. The van der Waals surface area contributed by atoms with Crippen LogP contribution in [-0.4, -0.2) is 22.0 Å². The normalized spacial score (nSPS) is 14.1. The number of hydrogen-bond acceptors (Lipinski definition) is 3. The zero-order valence-electron chi connectivity index (χ0n) is 12.4. The summed E-state index contributed by atoms with van der Waals surface area (Å²) >= 11 is 1.70. The maximum atomic E-state index is 4.69. The van der Waals surface area contributed by atoms with Crippen molar-refractivity contribution >= 4 is 16.3 Å². The third-order valence-electron chi connectivity index (χ3n) is 3.40. The Kier molecular flexibility index (Phi) is 4.63. The van der Waals surface area contributed by atoms with Gasteiger partial charge in [0.05, 0.1) is 5.69 Å². The molecule has 0 saturated heterocycles. The fourth-order valence-corrected chi connectivity index (χ4v) is 3.43.